The Morgan fingerprint density at radius 1 is 1.28 bits per heavy atom. The van der Waals surface area contributed by atoms with Crippen LogP contribution in [0.15, 0.2) is 24.3 Å². The summed E-state index contributed by atoms with van der Waals surface area (Å²) in [5, 5.41) is 13.3. The maximum Gasteiger partial charge on any atom is 0.0692 e. The van der Waals surface area contributed by atoms with Gasteiger partial charge in [-0.1, -0.05) is 37.6 Å². The van der Waals surface area contributed by atoms with Gasteiger partial charge in [-0.3, -0.25) is 0 Å². The average Bonchev–Trinajstić information content (AvgIpc) is 3.21. The number of aliphatic hydroxyl groups is 1. The Morgan fingerprint density at radius 3 is 2.50 bits per heavy atom. The van der Waals surface area contributed by atoms with Gasteiger partial charge < -0.3 is 10.4 Å². The highest BCUT2D eigenvalue weighted by atomic mass is 16.3. The van der Waals surface area contributed by atoms with Gasteiger partial charge in [0.1, 0.15) is 0 Å². The SMILES string of the molecule is CCCc1ccc(C(C)NCC(O)C2CC2)cc1. The molecule has 18 heavy (non-hydrogen) atoms. The van der Waals surface area contributed by atoms with Crippen LogP contribution in [0.3, 0.4) is 0 Å². The minimum absolute atomic E-state index is 0.160. The molecule has 0 amide bonds. The molecule has 2 atom stereocenters. The van der Waals surface area contributed by atoms with Crippen molar-refractivity contribution in [1.29, 1.82) is 0 Å². The molecule has 0 spiro atoms. The van der Waals surface area contributed by atoms with Gasteiger partial charge in [-0.15, -0.1) is 0 Å². The van der Waals surface area contributed by atoms with Crippen molar-refractivity contribution in [3.63, 3.8) is 0 Å². The number of rotatable bonds is 7. The van der Waals surface area contributed by atoms with E-state index >= 15 is 0 Å². The van der Waals surface area contributed by atoms with Gasteiger partial charge in [-0.2, -0.15) is 0 Å². The third-order valence-electron chi connectivity index (χ3n) is 3.82. The van der Waals surface area contributed by atoms with Gasteiger partial charge >= 0.3 is 0 Å². The Balaban J connectivity index is 1.81. The van der Waals surface area contributed by atoms with Gasteiger partial charge in [-0.05, 0) is 43.2 Å². The molecule has 2 rings (SSSR count). The normalized spacial score (nSPS) is 18.6. The van der Waals surface area contributed by atoms with Crippen LogP contribution in [0.1, 0.15) is 50.3 Å². The first-order valence-corrected chi connectivity index (χ1v) is 7.21. The lowest BCUT2D eigenvalue weighted by Gasteiger charge is -2.17. The number of nitrogens with one attached hydrogen (secondary N) is 1. The minimum atomic E-state index is -0.160. The predicted octanol–water partition coefficient (Wildman–Crippen LogP) is 3.06. The smallest absolute Gasteiger partial charge is 0.0692 e. The molecule has 2 nitrogen and oxygen atoms in total. The van der Waals surface area contributed by atoms with E-state index in [2.05, 4.69) is 43.4 Å². The van der Waals surface area contributed by atoms with Crippen molar-refractivity contribution in [2.24, 2.45) is 5.92 Å². The molecule has 2 unspecified atom stereocenters. The summed E-state index contributed by atoms with van der Waals surface area (Å²) in [4.78, 5) is 0. The topological polar surface area (TPSA) is 32.3 Å². The molecule has 1 saturated carbocycles. The summed E-state index contributed by atoms with van der Waals surface area (Å²) in [7, 11) is 0. The third-order valence-corrected chi connectivity index (χ3v) is 3.82. The standard InChI is InChI=1S/C16H25NO/c1-3-4-13-5-7-14(8-6-13)12(2)17-11-16(18)15-9-10-15/h5-8,12,15-18H,3-4,9-11H2,1-2H3. The summed E-state index contributed by atoms with van der Waals surface area (Å²) in [6.45, 7) is 5.08. The van der Waals surface area contributed by atoms with Crippen molar-refractivity contribution in [3.8, 4) is 0 Å². The fourth-order valence-corrected chi connectivity index (χ4v) is 2.32. The average molecular weight is 247 g/mol. The van der Waals surface area contributed by atoms with Crippen LogP contribution in [0, 0.1) is 5.92 Å². The molecule has 1 aliphatic carbocycles. The van der Waals surface area contributed by atoms with Gasteiger partial charge in [0.15, 0.2) is 0 Å². The Bertz CT molecular complexity index is 356. The predicted molar refractivity (Wildman–Crippen MR) is 75.6 cm³/mol. The van der Waals surface area contributed by atoms with Crippen LogP contribution in [0.25, 0.3) is 0 Å². The molecule has 0 bridgehead atoms. The second-order valence-corrected chi connectivity index (χ2v) is 5.53. The highest BCUT2D eigenvalue weighted by Crippen LogP contribution is 2.32. The summed E-state index contributed by atoms with van der Waals surface area (Å²) in [5.41, 5.74) is 2.71. The van der Waals surface area contributed by atoms with Crippen LogP contribution in [0.2, 0.25) is 0 Å². The number of benzene rings is 1. The first-order chi connectivity index (χ1) is 8.70. The van der Waals surface area contributed by atoms with Crippen molar-refractivity contribution < 1.29 is 5.11 Å². The largest absolute Gasteiger partial charge is 0.392 e. The second-order valence-electron chi connectivity index (χ2n) is 5.53. The summed E-state index contributed by atoms with van der Waals surface area (Å²) < 4.78 is 0. The molecule has 1 aliphatic rings. The fraction of sp³-hybridized carbons (Fsp3) is 0.625. The van der Waals surface area contributed by atoms with Crippen LogP contribution in [-0.4, -0.2) is 17.8 Å². The van der Waals surface area contributed by atoms with Crippen LogP contribution >= 0.6 is 0 Å². The molecule has 100 valence electrons. The Morgan fingerprint density at radius 2 is 1.94 bits per heavy atom. The number of hydrogen-bond donors (Lipinski definition) is 2. The van der Waals surface area contributed by atoms with Gasteiger partial charge in [0.25, 0.3) is 0 Å². The van der Waals surface area contributed by atoms with Crippen molar-refractivity contribution in [3.05, 3.63) is 35.4 Å². The van der Waals surface area contributed by atoms with Gasteiger partial charge in [0.2, 0.25) is 0 Å². The quantitative estimate of drug-likeness (QED) is 0.776. The number of aryl methyl sites for hydroxylation is 1. The Labute approximate surface area is 110 Å². The summed E-state index contributed by atoms with van der Waals surface area (Å²) in [5.74, 6) is 0.552. The van der Waals surface area contributed by atoms with Gasteiger partial charge in [0, 0.05) is 12.6 Å². The second kappa shape index (κ2) is 6.35. The van der Waals surface area contributed by atoms with E-state index in [1.165, 1.54) is 30.4 Å². The first-order valence-electron chi connectivity index (χ1n) is 7.21. The molecule has 1 aromatic carbocycles. The van der Waals surface area contributed by atoms with Gasteiger partial charge in [-0.25, -0.2) is 0 Å². The van der Waals surface area contributed by atoms with Crippen molar-refractivity contribution in [2.45, 2.75) is 51.7 Å². The monoisotopic (exact) mass is 247 g/mol. The Kier molecular flexibility index (Phi) is 4.79. The summed E-state index contributed by atoms with van der Waals surface area (Å²) in [6, 6.07) is 9.15. The molecule has 2 N–H and O–H groups in total. The lowest BCUT2D eigenvalue weighted by atomic mass is 10.0. The fourth-order valence-electron chi connectivity index (χ4n) is 2.32. The Hall–Kier alpha value is -0.860. The number of aliphatic hydroxyl groups excluding tert-OH is 1. The molecular formula is C16H25NO. The molecule has 0 aromatic heterocycles. The first kappa shape index (κ1) is 13.6. The maximum atomic E-state index is 9.84. The molecule has 0 heterocycles. The van der Waals surface area contributed by atoms with E-state index in [9.17, 15) is 5.11 Å². The van der Waals surface area contributed by atoms with E-state index < -0.39 is 0 Å². The molecule has 0 saturated heterocycles. The molecule has 0 aliphatic heterocycles. The van der Waals surface area contributed by atoms with E-state index in [1.54, 1.807) is 0 Å². The molecule has 1 aromatic rings. The van der Waals surface area contributed by atoms with Crippen molar-refractivity contribution in [1.82, 2.24) is 5.32 Å². The van der Waals surface area contributed by atoms with E-state index in [1.807, 2.05) is 0 Å². The van der Waals surface area contributed by atoms with E-state index in [-0.39, 0.29) is 6.10 Å². The van der Waals surface area contributed by atoms with Crippen LogP contribution < -0.4 is 5.32 Å². The molecule has 1 fully saturated rings. The zero-order chi connectivity index (χ0) is 13.0. The maximum absolute atomic E-state index is 9.84. The molecule has 0 radical (unpaired) electrons. The number of hydrogen-bond acceptors (Lipinski definition) is 2. The van der Waals surface area contributed by atoms with E-state index in [0.717, 1.165) is 6.42 Å². The van der Waals surface area contributed by atoms with Gasteiger partial charge in [0.05, 0.1) is 6.10 Å². The van der Waals surface area contributed by atoms with Crippen LogP contribution in [-0.2, 0) is 6.42 Å². The van der Waals surface area contributed by atoms with E-state index in [0.29, 0.717) is 18.5 Å². The highest BCUT2D eigenvalue weighted by Gasteiger charge is 2.29. The summed E-state index contributed by atoms with van der Waals surface area (Å²) >= 11 is 0. The molecule has 2 heteroatoms. The molecular weight excluding hydrogens is 222 g/mol. The summed E-state index contributed by atoms with van der Waals surface area (Å²) in [6.07, 6.45) is 4.58. The zero-order valence-electron chi connectivity index (χ0n) is 11.5. The zero-order valence-corrected chi connectivity index (χ0v) is 11.5. The van der Waals surface area contributed by atoms with Crippen LogP contribution in [0.5, 0.6) is 0 Å². The highest BCUT2D eigenvalue weighted by molar-refractivity contribution is 5.24. The van der Waals surface area contributed by atoms with E-state index in [4.69, 9.17) is 0 Å². The third kappa shape index (κ3) is 3.82. The lowest BCUT2D eigenvalue weighted by Crippen LogP contribution is -2.30. The van der Waals surface area contributed by atoms with Crippen molar-refractivity contribution >= 4 is 0 Å². The lowest BCUT2D eigenvalue weighted by molar-refractivity contribution is 0.145. The minimum Gasteiger partial charge on any atom is -0.392 e. The van der Waals surface area contributed by atoms with Crippen LogP contribution in [0.4, 0.5) is 0 Å². The van der Waals surface area contributed by atoms with Crippen molar-refractivity contribution in [2.75, 3.05) is 6.54 Å².